The molecule has 6 nitrogen and oxygen atoms in total. The normalized spacial score (nSPS) is 17.4. The molecule has 132 valence electrons. The molecule has 1 aliphatic heterocycles. The summed E-state index contributed by atoms with van der Waals surface area (Å²) in [6.07, 6.45) is 2.40. The minimum Gasteiger partial charge on any atom is -0.494 e. The van der Waals surface area contributed by atoms with Gasteiger partial charge in [-0.15, -0.1) is 0 Å². The number of nitrogens with two attached hydrogens (primary N) is 1. The monoisotopic (exact) mass is 333 g/mol. The van der Waals surface area contributed by atoms with E-state index in [2.05, 4.69) is 0 Å². The number of hydrogen-bond donors (Lipinski definition) is 1. The summed E-state index contributed by atoms with van der Waals surface area (Å²) >= 11 is 0. The zero-order valence-corrected chi connectivity index (χ0v) is 14.5. The van der Waals surface area contributed by atoms with E-state index in [1.54, 1.807) is 16.8 Å². The maximum absolute atomic E-state index is 12.5. The second-order valence-corrected chi connectivity index (χ2v) is 6.40. The van der Waals surface area contributed by atoms with Crippen LogP contribution in [0.25, 0.3) is 0 Å². The fourth-order valence-electron chi connectivity index (χ4n) is 2.93. The summed E-state index contributed by atoms with van der Waals surface area (Å²) in [7, 11) is 1.80. The van der Waals surface area contributed by atoms with E-state index >= 15 is 0 Å². The van der Waals surface area contributed by atoms with Crippen LogP contribution in [0.1, 0.15) is 24.8 Å². The third-order valence-corrected chi connectivity index (χ3v) is 4.39. The summed E-state index contributed by atoms with van der Waals surface area (Å²) < 4.78 is 5.68. The van der Waals surface area contributed by atoms with Crippen LogP contribution in [0.4, 0.5) is 4.79 Å². The SMILES string of the molecule is Cc1ccc(OCCCN(C)C(=O)[C@@H]2CCCN(C(N)=O)C2)cc1. The maximum atomic E-state index is 12.5. The van der Waals surface area contributed by atoms with E-state index in [4.69, 9.17) is 10.5 Å². The molecule has 3 amide bonds. The Bertz CT molecular complexity index is 559. The highest BCUT2D eigenvalue weighted by molar-refractivity contribution is 5.80. The van der Waals surface area contributed by atoms with E-state index in [1.165, 1.54) is 5.56 Å². The third-order valence-electron chi connectivity index (χ3n) is 4.39. The van der Waals surface area contributed by atoms with Crippen LogP contribution in [0.15, 0.2) is 24.3 Å². The average Bonchev–Trinajstić information content (AvgIpc) is 2.59. The van der Waals surface area contributed by atoms with Crippen molar-refractivity contribution in [1.29, 1.82) is 0 Å². The van der Waals surface area contributed by atoms with Crippen LogP contribution < -0.4 is 10.5 Å². The average molecular weight is 333 g/mol. The van der Waals surface area contributed by atoms with Crippen molar-refractivity contribution in [2.24, 2.45) is 11.7 Å². The lowest BCUT2D eigenvalue weighted by Gasteiger charge is -2.33. The first-order valence-electron chi connectivity index (χ1n) is 8.46. The molecule has 0 spiro atoms. The molecule has 2 N–H and O–H groups in total. The molecule has 6 heteroatoms. The van der Waals surface area contributed by atoms with Crippen molar-refractivity contribution in [3.05, 3.63) is 29.8 Å². The largest absolute Gasteiger partial charge is 0.494 e. The first-order valence-corrected chi connectivity index (χ1v) is 8.46. The molecule has 0 radical (unpaired) electrons. The highest BCUT2D eigenvalue weighted by Gasteiger charge is 2.29. The number of likely N-dealkylation sites (tertiary alicyclic amines) is 1. The second kappa shape index (κ2) is 8.57. The molecule has 1 atom stereocenters. The second-order valence-electron chi connectivity index (χ2n) is 6.40. The summed E-state index contributed by atoms with van der Waals surface area (Å²) in [4.78, 5) is 27.0. The number of aryl methyl sites for hydroxylation is 1. The van der Waals surface area contributed by atoms with Gasteiger partial charge in [0.25, 0.3) is 0 Å². The minimum absolute atomic E-state index is 0.0799. The van der Waals surface area contributed by atoms with Gasteiger partial charge in [0, 0.05) is 26.7 Å². The van der Waals surface area contributed by atoms with Crippen LogP contribution in [0, 0.1) is 12.8 Å². The van der Waals surface area contributed by atoms with Crippen molar-refractivity contribution in [2.45, 2.75) is 26.2 Å². The van der Waals surface area contributed by atoms with Crippen LogP contribution in [0.5, 0.6) is 5.75 Å². The number of carbonyl (C=O) groups excluding carboxylic acids is 2. The Morgan fingerprint density at radius 1 is 1.33 bits per heavy atom. The van der Waals surface area contributed by atoms with Crippen LogP contribution in [-0.4, -0.2) is 55.0 Å². The van der Waals surface area contributed by atoms with Gasteiger partial charge in [0.15, 0.2) is 0 Å². The lowest BCUT2D eigenvalue weighted by Crippen LogP contribution is -2.47. The first-order chi connectivity index (χ1) is 11.5. The Morgan fingerprint density at radius 2 is 2.04 bits per heavy atom. The van der Waals surface area contributed by atoms with Gasteiger partial charge in [0.05, 0.1) is 12.5 Å². The molecule has 1 fully saturated rings. The highest BCUT2D eigenvalue weighted by atomic mass is 16.5. The van der Waals surface area contributed by atoms with E-state index in [-0.39, 0.29) is 11.8 Å². The molecule has 2 rings (SSSR count). The number of benzene rings is 1. The van der Waals surface area contributed by atoms with Crippen molar-refractivity contribution in [3.8, 4) is 5.75 Å². The molecular formula is C18H27N3O3. The van der Waals surface area contributed by atoms with E-state index in [1.807, 2.05) is 31.2 Å². The molecule has 0 aromatic heterocycles. The van der Waals surface area contributed by atoms with Gasteiger partial charge in [-0.3, -0.25) is 4.79 Å². The number of urea groups is 1. The van der Waals surface area contributed by atoms with Crippen molar-refractivity contribution >= 4 is 11.9 Å². The molecule has 0 saturated carbocycles. The van der Waals surface area contributed by atoms with E-state index < -0.39 is 6.03 Å². The van der Waals surface area contributed by atoms with Crippen molar-refractivity contribution in [2.75, 3.05) is 33.3 Å². The van der Waals surface area contributed by atoms with E-state index in [9.17, 15) is 9.59 Å². The van der Waals surface area contributed by atoms with Crippen LogP contribution in [-0.2, 0) is 4.79 Å². The number of rotatable bonds is 6. The Balaban J connectivity index is 1.71. The molecule has 0 unspecified atom stereocenters. The summed E-state index contributed by atoms with van der Waals surface area (Å²) in [5, 5.41) is 0. The third kappa shape index (κ3) is 5.15. The number of nitrogens with zero attached hydrogens (tertiary/aromatic N) is 2. The molecule has 1 saturated heterocycles. The molecule has 1 aromatic rings. The fraction of sp³-hybridized carbons (Fsp3) is 0.556. The molecular weight excluding hydrogens is 306 g/mol. The lowest BCUT2D eigenvalue weighted by atomic mass is 9.97. The van der Waals surface area contributed by atoms with Crippen molar-refractivity contribution in [3.63, 3.8) is 0 Å². The predicted octanol–water partition coefficient (Wildman–Crippen LogP) is 2.01. The summed E-state index contributed by atoms with van der Waals surface area (Å²) in [6.45, 7) is 4.32. The zero-order valence-electron chi connectivity index (χ0n) is 14.5. The molecule has 0 bridgehead atoms. The molecule has 1 heterocycles. The zero-order chi connectivity index (χ0) is 17.5. The lowest BCUT2D eigenvalue weighted by molar-refractivity contribution is -0.135. The molecule has 1 aliphatic rings. The molecule has 24 heavy (non-hydrogen) atoms. The van der Waals surface area contributed by atoms with Gasteiger partial charge in [-0.1, -0.05) is 17.7 Å². The topological polar surface area (TPSA) is 75.9 Å². The standard InChI is InChI=1S/C18H27N3O3/c1-14-6-8-16(9-7-14)24-12-4-10-20(2)17(22)15-5-3-11-21(13-15)18(19)23/h6-9,15H,3-5,10-13H2,1-2H3,(H2,19,23)/t15-/m1/s1. The van der Waals surface area contributed by atoms with Gasteiger partial charge >= 0.3 is 6.03 Å². The van der Waals surface area contributed by atoms with E-state index in [0.29, 0.717) is 26.2 Å². The van der Waals surface area contributed by atoms with Gasteiger partial charge in [-0.25, -0.2) is 4.79 Å². The van der Waals surface area contributed by atoms with Crippen LogP contribution >= 0.6 is 0 Å². The van der Waals surface area contributed by atoms with Crippen LogP contribution in [0.2, 0.25) is 0 Å². The van der Waals surface area contributed by atoms with Gasteiger partial charge < -0.3 is 20.3 Å². The van der Waals surface area contributed by atoms with Crippen LogP contribution in [0.3, 0.4) is 0 Å². The van der Waals surface area contributed by atoms with Crippen molar-refractivity contribution < 1.29 is 14.3 Å². The van der Waals surface area contributed by atoms with Gasteiger partial charge in [0.1, 0.15) is 5.75 Å². The van der Waals surface area contributed by atoms with E-state index in [0.717, 1.165) is 25.0 Å². The van der Waals surface area contributed by atoms with Gasteiger partial charge in [-0.05, 0) is 38.3 Å². The number of hydrogen-bond acceptors (Lipinski definition) is 3. The van der Waals surface area contributed by atoms with Crippen molar-refractivity contribution in [1.82, 2.24) is 9.80 Å². The summed E-state index contributed by atoms with van der Waals surface area (Å²) in [5.74, 6) is 0.782. The first kappa shape index (κ1) is 18.1. The predicted molar refractivity (Wildman–Crippen MR) is 92.8 cm³/mol. The summed E-state index contributed by atoms with van der Waals surface area (Å²) in [6, 6.07) is 7.48. The number of carbonyl (C=O) groups is 2. The Hall–Kier alpha value is -2.24. The Morgan fingerprint density at radius 3 is 2.71 bits per heavy atom. The number of amides is 3. The van der Waals surface area contributed by atoms with Gasteiger partial charge in [0.2, 0.25) is 5.91 Å². The molecule has 0 aliphatic carbocycles. The highest BCUT2D eigenvalue weighted by Crippen LogP contribution is 2.18. The number of piperidine rings is 1. The summed E-state index contributed by atoms with van der Waals surface area (Å²) in [5.41, 5.74) is 6.51. The number of primary amides is 1. The van der Waals surface area contributed by atoms with Gasteiger partial charge in [-0.2, -0.15) is 0 Å². The Labute approximate surface area is 143 Å². The minimum atomic E-state index is -0.443. The maximum Gasteiger partial charge on any atom is 0.314 e. The fourth-order valence-corrected chi connectivity index (χ4v) is 2.93. The number of ether oxygens (including phenoxy) is 1. The molecule has 1 aromatic carbocycles. The smallest absolute Gasteiger partial charge is 0.314 e. The quantitative estimate of drug-likeness (QED) is 0.809. The Kier molecular flexibility index (Phi) is 6.46.